The van der Waals surface area contributed by atoms with Gasteiger partial charge in [-0.05, 0) is 19.9 Å². The van der Waals surface area contributed by atoms with Crippen molar-refractivity contribution in [2.24, 2.45) is 0 Å². The highest BCUT2D eigenvalue weighted by Crippen LogP contribution is 1.98. The van der Waals surface area contributed by atoms with Gasteiger partial charge in [0.15, 0.2) is 0 Å². The normalized spacial score (nSPS) is 9.80. The maximum Gasteiger partial charge on any atom is 0.413 e. The summed E-state index contributed by atoms with van der Waals surface area (Å²) in [6.45, 7) is 3.50. The Kier molecular flexibility index (Phi) is 3.85. The van der Waals surface area contributed by atoms with Crippen molar-refractivity contribution < 1.29 is 9.53 Å². The first-order valence-electron chi connectivity index (χ1n) is 4.62. The average molecular weight is 205 g/mol. The van der Waals surface area contributed by atoms with Gasteiger partial charge in [0.2, 0.25) is 0 Å². The minimum absolute atomic E-state index is 0.0228. The number of carbonyl (C=O) groups is 1. The first-order valence-corrected chi connectivity index (χ1v) is 4.62. The molecule has 0 spiro atoms. The van der Waals surface area contributed by atoms with Gasteiger partial charge in [-0.1, -0.05) is 24.3 Å². The smallest absolute Gasteiger partial charge is 0.413 e. The fraction of sp³-hybridized carbons (Fsp3) is 0.273. The van der Waals surface area contributed by atoms with Crippen LogP contribution in [0.2, 0.25) is 0 Å². The molecule has 4 heteroatoms. The molecule has 1 aromatic carbocycles. The molecule has 79 valence electrons. The number of hydrogen-bond acceptors (Lipinski definition) is 3. The molecule has 4 nitrogen and oxygen atoms in total. The van der Waals surface area contributed by atoms with Crippen LogP contribution in [0.1, 0.15) is 19.4 Å². The number of amides is 1. The Morgan fingerprint density at radius 1 is 1.47 bits per heavy atom. The Bertz CT molecular complexity index is 347. The first-order chi connectivity index (χ1) is 7.09. The summed E-state index contributed by atoms with van der Waals surface area (Å²) in [7, 11) is 0. The van der Waals surface area contributed by atoms with Crippen molar-refractivity contribution in [3.8, 4) is 0 Å². The second kappa shape index (κ2) is 5.14. The molecular weight excluding hydrogens is 192 g/mol. The summed E-state index contributed by atoms with van der Waals surface area (Å²) in [4.78, 5) is 11.2. The van der Waals surface area contributed by atoms with E-state index in [0.29, 0.717) is 5.56 Å². The Labute approximate surface area is 88.8 Å². The second-order valence-electron chi connectivity index (χ2n) is 3.24. The van der Waals surface area contributed by atoms with Crippen LogP contribution >= 0.6 is 0 Å². The van der Waals surface area contributed by atoms with Gasteiger partial charge in [-0.15, -0.1) is 0 Å². The number of benzene rings is 1. The van der Waals surface area contributed by atoms with Gasteiger partial charge in [0.25, 0.3) is 0 Å². The third-order valence-corrected chi connectivity index (χ3v) is 1.58. The molecule has 15 heavy (non-hydrogen) atoms. The van der Waals surface area contributed by atoms with E-state index in [1.54, 1.807) is 38.1 Å². The molecule has 0 aromatic heterocycles. The predicted molar refractivity (Wildman–Crippen MR) is 56.9 cm³/mol. The van der Waals surface area contributed by atoms with Gasteiger partial charge in [0, 0.05) is 5.56 Å². The highest BCUT2D eigenvalue weighted by molar-refractivity contribution is 6.04. The molecule has 2 N–H and O–H groups in total. The van der Waals surface area contributed by atoms with Crippen LogP contribution in [0.15, 0.2) is 24.3 Å². The lowest BCUT2D eigenvalue weighted by Crippen LogP contribution is -2.32. The maximum atomic E-state index is 11.2. The average Bonchev–Trinajstić information content (AvgIpc) is 2.17. The molecule has 0 aliphatic heterocycles. The Morgan fingerprint density at radius 3 is 2.60 bits per heavy atom. The van der Waals surface area contributed by atoms with Crippen LogP contribution in [0.3, 0.4) is 0 Å². The number of rotatable bonds is 2. The van der Waals surface area contributed by atoms with Crippen LogP contribution in [-0.2, 0) is 4.74 Å². The van der Waals surface area contributed by atoms with Crippen molar-refractivity contribution in [1.29, 1.82) is 5.41 Å². The quantitative estimate of drug-likeness (QED) is 0.572. The maximum absolute atomic E-state index is 11.2. The van der Waals surface area contributed by atoms with Gasteiger partial charge >= 0.3 is 6.09 Å². The summed E-state index contributed by atoms with van der Waals surface area (Å²) in [6.07, 6.45) is -0.801. The zero-order valence-electron chi connectivity index (χ0n) is 8.70. The molecule has 1 rings (SSSR count). The molecule has 0 saturated carbocycles. The lowest BCUT2D eigenvalue weighted by atomic mass is 10.2. The van der Waals surface area contributed by atoms with Gasteiger partial charge in [0.1, 0.15) is 5.84 Å². The lowest BCUT2D eigenvalue weighted by molar-refractivity contribution is 0.120. The van der Waals surface area contributed by atoms with Crippen LogP contribution in [0, 0.1) is 11.5 Å². The summed E-state index contributed by atoms with van der Waals surface area (Å²) in [5.41, 5.74) is 0.620. The highest BCUT2D eigenvalue weighted by Gasteiger charge is 2.08. The first kappa shape index (κ1) is 11.2. The van der Waals surface area contributed by atoms with Crippen molar-refractivity contribution in [3.05, 3.63) is 35.9 Å². The molecule has 1 aromatic rings. The SMILES string of the molecule is CC(C)OC(=O)NC(=N)c1cc[c]cc1. The second-order valence-corrected chi connectivity index (χ2v) is 3.24. The minimum atomic E-state index is -0.608. The van der Waals surface area contributed by atoms with Crippen LogP contribution < -0.4 is 5.32 Å². The molecule has 0 unspecified atom stereocenters. The van der Waals surface area contributed by atoms with E-state index < -0.39 is 6.09 Å². The van der Waals surface area contributed by atoms with Gasteiger partial charge in [-0.25, -0.2) is 4.79 Å². The summed E-state index contributed by atoms with van der Waals surface area (Å²) in [5, 5.41) is 9.91. The molecular formula is C11H13N2O2. The van der Waals surface area contributed by atoms with Crippen molar-refractivity contribution in [3.63, 3.8) is 0 Å². The topological polar surface area (TPSA) is 62.2 Å². The van der Waals surface area contributed by atoms with Gasteiger partial charge in [0.05, 0.1) is 6.10 Å². The number of alkyl carbamates (subject to hydrolysis) is 1. The summed E-state index contributed by atoms with van der Waals surface area (Å²) in [5.74, 6) is 0.0228. The molecule has 0 heterocycles. The van der Waals surface area contributed by atoms with Crippen molar-refractivity contribution in [1.82, 2.24) is 5.32 Å². The molecule has 1 radical (unpaired) electrons. The number of hydrogen-bond donors (Lipinski definition) is 2. The minimum Gasteiger partial charge on any atom is -0.447 e. The van der Waals surface area contributed by atoms with Crippen LogP contribution in [-0.4, -0.2) is 18.0 Å². The van der Waals surface area contributed by atoms with E-state index in [9.17, 15) is 4.79 Å². The molecule has 1 amide bonds. The van der Waals surface area contributed by atoms with E-state index in [1.165, 1.54) is 0 Å². The number of carbonyl (C=O) groups excluding carboxylic acids is 1. The summed E-state index contributed by atoms with van der Waals surface area (Å²) < 4.78 is 4.84. The third-order valence-electron chi connectivity index (χ3n) is 1.58. The summed E-state index contributed by atoms with van der Waals surface area (Å²) in [6, 6.07) is 9.58. The molecule has 0 fully saturated rings. The van der Waals surface area contributed by atoms with Crippen LogP contribution in [0.25, 0.3) is 0 Å². The monoisotopic (exact) mass is 205 g/mol. The van der Waals surface area contributed by atoms with E-state index in [1.807, 2.05) is 0 Å². The standard InChI is InChI=1S/C11H13N2O2/c1-8(2)15-11(14)13-10(12)9-6-4-3-5-7-9/h4-8H,1-2H3,(H2,12,13,14). The van der Waals surface area contributed by atoms with Crippen molar-refractivity contribution >= 4 is 11.9 Å². The van der Waals surface area contributed by atoms with E-state index in [4.69, 9.17) is 10.1 Å². The van der Waals surface area contributed by atoms with Crippen LogP contribution in [0.5, 0.6) is 0 Å². The highest BCUT2D eigenvalue weighted by atomic mass is 16.6. The third kappa shape index (κ3) is 3.81. The van der Waals surface area contributed by atoms with E-state index in [-0.39, 0.29) is 11.9 Å². The summed E-state index contributed by atoms with van der Waals surface area (Å²) >= 11 is 0. The lowest BCUT2D eigenvalue weighted by Gasteiger charge is -2.09. The molecule has 0 bridgehead atoms. The fourth-order valence-corrected chi connectivity index (χ4v) is 0.971. The Hall–Kier alpha value is -1.84. The van der Waals surface area contributed by atoms with Crippen molar-refractivity contribution in [2.45, 2.75) is 20.0 Å². The van der Waals surface area contributed by atoms with Crippen LogP contribution in [0.4, 0.5) is 4.79 Å². The van der Waals surface area contributed by atoms with Crippen molar-refractivity contribution in [2.75, 3.05) is 0 Å². The largest absolute Gasteiger partial charge is 0.447 e. The fourth-order valence-electron chi connectivity index (χ4n) is 0.971. The van der Waals surface area contributed by atoms with E-state index in [2.05, 4.69) is 11.4 Å². The predicted octanol–water partition coefficient (Wildman–Crippen LogP) is 1.95. The molecule has 0 atom stereocenters. The number of amidine groups is 1. The molecule has 0 saturated heterocycles. The molecule has 0 aliphatic carbocycles. The zero-order chi connectivity index (χ0) is 11.3. The van der Waals surface area contributed by atoms with Gasteiger partial charge < -0.3 is 4.74 Å². The van der Waals surface area contributed by atoms with E-state index in [0.717, 1.165) is 0 Å². The van der Waals surface area contributed by atoms with E-state index >= 15 is 0 Å². The van der Waals surface area contributed by atoms with Gasteiger partial charge in [-0.3, -0.25) is 10.7 Å². The number of nitrogens with one attached hydrogen (secondary N) is 2. The Balaban J connectivity index is 2.53. The zero-order valence-corrected chi connectivity index (χ0v) is 8.70. The van der Waals surface area contributed by atoms with Gasteiger partial charge in [-0.2, -0.15) is 0 Å². The number of ether oxygens (including phenoxy) is 1. The Morgan fingerprint density at radius 2 is 2.07 bits per heavy atom. The molecule has 0 aliphatic rings.